The summed E-state index contributed by atoms with van der Waals surface area (Å²) in [5, 5.41) is 0. The second kappa shape index (κ2) is 8.30. The zero-order valence-corrected chi connectivity index (χ0v) is 19.8. The van der Waals surface area contributed by atoms with Gasteiger partial charge in [0.1, 0.15) is 0 Å². The fraction of sp³-hybridized carbons (Fsp3) is 0.233. The van der Waals surface area contributed by atoms with Crippen LogP contribution in [-0.4, -0.2) is 22.0 Å². The Morgan fingerprint density at radius 2 is 1.74 bits per heavy atom. The number of rotatable bonds is 3. The Labute approximate surface area is 204 Å². The van der Waals surface area contributed by atoms with E-state index in [2.05, 4.69) is 64.5 Å². The summed E-state index contributed by atoms with van der Waals surface area (Å²) in [5.41, 5.74) is 9.63. The fourth-order valence-corrected chi connectivity index (χ4v) is 7.22. The van der Waals surface area contributed by atoms with Gasteiger partial charge in [-0.15, -0.1) is 0 Å². The highest BCUT2D eigenvalue weighted by Gasteiger charge is 2.40. The zero-order valence-electron chi connectivity index (χ0n) is 19.0. The lowest BCUT2D eigenvalue weighted by Crippen LogP contribution is -2.40. The van der Waals surface area contributed by atoms with Crippen LogP contribution in [0, 0.1) is 0 Å². The molecule has 0 radical (unpaired) electrons. The third-order valence-electron chi connectivity index (χ3n) is 7.66. The lowest BCUT2D eigenvalue weighted by Gasteiger charge is -2.38. The third-order valence-corrected chi connectivity index (χ3v) is 8.79. The second-order valence-corrected chi connectivity index (χ2v) is 10.7. The summed E-state index contributed by atoms with van der Waals surface area (Å²) in [6.45, 7) is 1.01. The van der Waals surface area contributed by atoms with Gasteiger partial charge in [0.05, 0.1) is 12.5 Å². The van der Waals surface area contributed by atoms with Crippen LogP contribution in [0.15, 0.2) is 105 Å². The summed E-state index contributed by atoms with van der Waals surface area (Å²) in [4.78, 5) is 9.78. The molecular weight excluding hydrogens is 436 g/mol. The molecule has 0 saturated carbocycles. The summed E-state index contributed by atoms with van der Waals surface area (Å²) in [6.07, 6.45) is 12.4. The van der Waals surface area contributed by atoms with Gasteiger partial charge in [-0.05, 0) is 72.2 Å². The van der Waals surface area contributed by atoms with Crippen molar-refractivity contribution >= 4 is 17.3 Å². The number of piperidine rings is 1. The number of hydrogen-bond acceptors (Lipinski definition) is 4. The molecule has 2 aromatic heterocycles. The van der Waals surface area contributed by atoms with Crippen molar-refractivity contribution in [2.75, 3.05) is 0 Å². The quantitative estimate of drug-likeness (QED) is 0.279. The molecule has 0 aliphatic carbocycles. The van der Waals surface area contributed by atoms with Crippen molar-refractivity contribution in [2.24, 2.45) is 0 Å². The number of pyridine rings is 1. The monoisotopic (exact) mass is 462 g/mol. The normalized spacial score (nSPS) is 21.4. The second-order valence-electron chi connectivity index (χ2n) is 9.63. The van der Waals surface area contributed by atoms with Crippen LogP contribution in [0.5, 0.6) is 0 Å². The van der Waals surface area contributed by atoms with Crippen LogP contribution in [0.3, 0.4) is 0 Å². The molecule has 34 heavy (non-hydrogen) atoms. The Morgan fingerprint density at radius 3 is 2.53 bits per heavy atom. The molecule has 4 aromatic rings. The highest BCUT2D eigenvalue weighted by atomic mass is 32.2. The molecule has 2 fully saturated rings. The molecule has 2 bridgehead atoms. The van der Waals surface area contributed by atoms with Gasteiger partial charge in [0.15, 0.2) is 0 Å². The van der Waals surface area contributed by atoms with Crippen LogP contribution in [-0.2, 0) is 6.54 Å². The third kappa shape index (κ3) is 3.44. The van der Waals surface area contributed by atoms with Crippen LogP contribution < -0.4 is 0 Å². The lowest BCUT2D eigenvalue weighted by atomic mass is 9.85. The van der Waals surface area contributed by atoms with Gasteiger partial charge in [0.25, 0.3) is 0 Å². The van der Waals surface area contributed by atoms with Gasteiger partial charge in [-0.1, -0.05) is 53.7 Å². The first-order valence-electron chi connectivity index (χ1n) is 12.1. The van der Waals surface area contributed by atoms with E-state index in [0.717, 1.165) is 19.4 Å². The number of furan rings is 1. The minimum atomic E-state index is 0.621. The van der Waals surface area contributed by atoms with Crippen molar-refractivity contribution in [3.8, 4) is 11.1 Å². The first-order chi connectivity index (χ1) is 16.8. The predicted octanol–water partition coefficient (Wildman–Crippen LogP) is 7.44. The molecule has 3 aliphatic heterocycles. The van der Waals surface area contributed by atoms with Gasteiger partial charge >= 0.3 is 0 Å². The van der Waals surface area contributed by atoms with E-state index >= 15 is 0 Å². The van der Waals surface area contributed by atoms with Gasteiger partial charge in [-0.3, -0.25) is 9.88 Å². The maximum absolute atomic E-state index is 5.34. The number of aromatic nitrogens is 1. The number of benzene rings is 2. The number of fused-ring (bicyclic) bond motifs is 4. The molecule has 168 valence electrons. The molecule has 7 rings (SSSR count). The van der Waals surface area contributed by atoms with Crippen molar-refractivity contribution in [1.82, 2.24) is 9.88 Å². The molecule has 5 heterocycles. The maximum Gasteiger partial charge on any atom is 0.0947 e. The molecule has 0 N–H and O–H groups in total. The topological polar surface area (TPSA) is 29.3 Å². The minimum absolute atomic E-state index is 0.621. The van der Waals surface area contributed by atoms with E-state index in [9.17, 15) is 0 Å². The van der Waals surface area contributed by atoms with E-state index in [-0.39, 0.29) is 0 Å². The average Bonchev–Trinajstić information content (AvgIpc) is 3.47. The smallest absolute Gasteiger partial charge is 0.0947 e. The SMILES string of the molecule is c1cncc(-c2ccc3c(c2)Sc2ccccc2C3=C2CC3CCC(C2)N3Cc2ccoc2)c1. The van der Waals surface area contributed by atoms with E-state index in [4.69, 9.17) is 4.42 Å². The minimum Gasteiger partial charge on any atom is -0.472 e. The maximum atomic E-state index is 5.34. The Bertz CT molecular complexity index is 1360. The molecule has 2 atom stereocenters. The molecule has 3 nitrogen and oxygen atoms in total. The van der Waals surface area contributed by atoms with Crippen LogP contribution >= 0.6 is 11.8 Å². The first kappa shape index (κ1) is 20.3. The summed E-state index contributed by atoms with van der Waals surface area (Å²) in [7, 11) is 0. The van der Waals surface area contributed by atoms with E-state index in [0.29, 0.717) is 12.1 Å². The van der Waals surface area contributed by atoms with Crippen LogP contribution in [0.1, 0.15) is 42.4 Å². The Kier molecular flexibility index (Phi) is 4.96. The zero-order chi connectivity index (χ0) is 22.5. The van der Waals surface area contributed by atoms with Gasteiger partial charge < -0.3 is 4.42 Å². The average molecular weight is 463 g/mol. The lowest BCUT2D eigenvalue weighted by molar-refractivity contribution is 0.157. The Balaban J connectivity index is 1.30. The van der Waals surface area contributed by atoms with Crippen molar-refractivity contribution in [3.63, 3.8) is 0 Å². The molecular formula is C30H26N2OS. The van der Waals surface area contributed by atoms with Crippen molar-refractivity contribution in [3.05, 3.63) is 108 Å². The largest absolute Gasteiger partial charge is 0.472 e. The summed E-state index contributed by atoms with van der Waals surface area (Å²) in [5.74, 6) is 0. The molecule has 2 unspecified atom stereocenters. The van der Waals surface area contributed by atoms with Crippen molar-refractivity contribution in [2.45, 2.75) is 54.1 Å². The van der Waals surface area contributed by atoms with E-state index < -0.39 is 0 Å². The molecule has 0 amide bonds. The van der Waals surface area contributed by atoms with E-state index in [1.54, 1.807) is 11.8 Å². The predicted molar refractivity (Wildman–Crippen MR) is 137 cm³/mol. The molecule has 4 heteroatoms. The van der Waals surface area contributed by atoms with Gasteiger partial charge in [0, 0.05) is 51.9 Å². The molecule has 3 aliphatic rings. The summed E-state index contributed by atoms with van der Waals surface area (Å²) < 4.78 is 5.34. The fourth-order valence-electron chi connectivity index (χ4n) is 6.09. The molecule has 2 aromatic carbocycles. The van der Waals surface area contributed by atoms with Crippen molar-refractivity contribution < 1.29 is 4.42 Å². The van der Waals surface area contributed by atoms with Crippen LogP contribution in [0.4, 0.5) is 0 Å². The van der Waals surface area contributed by atoms with Gasteiger partial charge in [-0.2, -0.15) is 0 Å². The van der Waals surface area contributed by atoms with Crippen LogP contribution in [0.2, 0.25) is 0 Å². The summed E-state index contributed by atoms with van der Waals surface area (Å²) in [6, 6.07) is 23.4. The van der Waals surface area contributed by atoms with Crippen molar-refractivity contribution in [1.29, 1.82) is 0 Å². The van der Waals surface area contributed by atoms with Gasteiger partial charge in [-0.25, -0.2) is 0 Å². The molecule has 2 saturated heterocycles. The first-order valence-corrected chi connectivity index (χ1v) is 13.0. The Morgan fingerprint density at radius 1 is 0.882 bits per heavy atom. The van der Waals surface area contributed by atoms with E-state index in [1.807, 2.05) is 36.5 Å². The summed E-state index contributed by atoms with van der Waals surface area (Å²) >= 11 is 1.90. The van der Waals surface area contributed by atoms with Gasteiger partial charge in [0.2, 0.25) is 0 Å². The highest BCUT2D eigenvalue weighted by Crippen LogP contribution is 2.51. The standard InChI is InChI=1S/C30H26N2OS/c1-2-6-28-26(5-1)30(27-10-7-21(16-29(27)34-28)22-4-3-12-31-17-22)23-14-24-8-9-25(15-23)32(24)18-20-11-13-33-19-20/h1-7,10-13,16-17,19,24-25H,8-9,14-15,18H2. The number of nitrogens with zero attached hydrogens (tertiary/aromatic N) is 2. The van der Waals surface area contributed by atoms with E-state index in [1.165, 1.54) is 56.0 Å². The number of hydrogen-bond donors (Lipinski definition) is 0. The van der Waals surface area contributed by atoms with Crippen LogP contribution in [0.25, 0.3) is 16.7 Å². The highest BCUT2D eigenvalue weighted by molar-refractivity contribution is 7.99. The Hall–Kier alpha value is -3.08. The molecule has 0 spiro atoms.